The Bertz CT molecular complexity index is 226. The molecule has 0 fully saturated rings. The molecule has 0 saturated heterocycles. The summed E-state index contributed by atoms with van der Waals surface area (Å²) in [5, 5.41) is 11.9. The van der Waals surface area contributed by atoms with E-state index >= 15 is 0 Å². The maximum atomic E-state index is 9.02. The minimum absolute atomic E-state index is 0.437. The van der Waals surface area contributed by atoms with Crippen LogP contribution in [0.5, 0.6) is 0 Å². The van der Waals surface area contributed by atoms with Crippen molar-refractivity contribution in [1.82, 2.24) is 5.32 Å². The van der Waals surface area contributed by atoms with Gasteiger partial charge in [0.25, 0.3) is 0 Å². The Hall–Kier alpha value is -0.500. The van der Waals surface area contributed by atoms with Crippen LogP contribution in [0, 0.1) is 0 Å². The summed E-state index contributed by atoms with van der Waals surface area (Å²) in [6.07, 6.45) is 24.4. The van der Waals surface area contributed by atoms with Gasteiger partial charge in [0.15, 0.2) is 0 Å². The number of aliphatic hydroxyl groups excluding tert-OH is 1. The van der Waals surface area contributed by atoms with Crippen LogP contribution in [0.4, 0.5) is 0 Å². The van der Waals surface area contributed by atoms with Crippen LogP contribution in [0.25, 0.3) is 0 Å². The first-order valence-electron chi connectivity index (χ1n) is 9.86. The molecule has 1 atom stereocenters. The number of allylic oxidation sites excluding steroid dienone is 1. The second kappa shape index (κ2) is 18.5. The van der Waals surface area contributed by atoms with Crippen LogP contribution in [-0.4, -0.2) is 11.3 Å². The van der Waals surface area contributed by atoms with E-state index in [2.05, 4.69) is 18.3 Å². The lowest BCUT2D eigenvalue weighted by Crippen LogP contribution is -2.18. The normalized spacial score (nSPS) is 12.9. The maximum Gasteiger partial charge on any atom is 0.121 e. The molecule has 0 radical (unpaired) electrons. The largest absolute Gasteiger partial charge is 0.374 e. The van der Waals surface area contributed by atoms with Crippen LogP contribution in [0.3, 0.4) is 0 Å². The van der Waals surface area contributed by atoms with E-state index in [4.69, 9.17) is 5.11 Å². The molecule has 0 aliphatic heterocycles. The zero-order valence-electron chi connectivity index (χ0n) is 15.3. The molecule has 22 heavy (non-hydrogen) atoms. The Morgan fingerprint density at radius 3 is 1.55 bits per heavy atom. The standard InChI is InChI=1S/C20H41NO/c1-3-4-5-6-7-8-9-10-11-12-13-14-15-16-17-18-19-21-20(2)22/h18-22H,3-17H2,1-2H3. The molecule has 2 heteroatoms. The molecule has 2 N–H and O–H groups in total. The topological polar surface area (TPSA) is 32.3 Å². The monoisotopic (exact) mass is 311 g/mol. The summed E-state index contributed by atoms with van der Waals surface area (Å²) in [4.78, 5) is 0. The van der Waals surface area contributed by atoms with E-state index in [1.165, 1.54) is 89.9 Å². The van der Waals surface area contributed by atoms with Gasteiger partial charge < -0.3 is 10.4 Å². The molecule has 0 heterocycles. The second-order valence-electron chi connectivity index (χ2n) is 6.63. The Labute approximate surface area is 139 Å². The van der Waals surface area contributed by atoms with Crippen LogP contribution in [0.15, 0.2) is 12.3 Å². The summed E-state index contributed by atoms with van der Waals surface area (Å²) >= 11 is 0. The minimum Gasteiger partial charge on any atom is -0.374 e. The van der Waals surface area contributed by atoms with E-state index in [-0.39, 0.29) is 0 Å². The molecule has 0 aromatic rings. The van der Waals surface area contributed by atoms with Crippen molar-refractivity contribution in [2.75, 3.05) is 0 Å². The third-order valence-electron chi connectivity index (χ3n) is 4.18. The lowest BCUT2D eigenvalue weighted by molar-refractivity contribution is 0.173. The van der Waals surface area contributed by atoms with Crippen LogP contribution < -0.4 is 5.32 Å². The smallest absolute Gasteiger partial charge is 0.121 e. The number of aliphatic hydroxyl groups is 1. The first kappa shape index (κ1) is 21.5. The molecular weight excluding hydrogens is 270 g/mol. The molecule has 2 nitrogen and oxygen atoms in total. The van der Waals surface area contributed by atoms with Crippen molar-refractivity contribution >= 4 is 0 Å². The molecule has 0 aromatic carbocycles. The van der Waals surface area contributed by atoms with Gasteiger partial charge in [-0.25, -0.2) is 0 Å². The Balaban J connectivity index is 3.01. The highest BCUT2D eigenvalue weighted by molar-refractivity contribution is 4.79. The maximum absolute atomic E-state index is 9.02. The Kier molecular flexibility index (Phi) is 18.1. The summed E-state index contributed by atoms with van der Waals surface area (Å²) < 4.78 is 0. The third-order valence-corrected chi connectivity index (χ3v) is 4.18. The summed E-state index contributed by atoms with van der Waals surface area (Å²) in [5.74, 6) is 0. The summed E-state index contributed by atoms with van der Waals surface area (Å²) in [7, 11) is 0. The number of hydrogen-bond acceptors (Lipinski definition) is 2. The van der Waals surface area contributed by atoms with Gasteiger partial charge in [-0.15, -0.1) is 0 Å². The van der Waals surface area contributed by atoms with Crippen LogP contribution >= 0.6 is 0 Å². The SMILES string of the molecule is CCCCCCCCCCCCCCCCC=CNC(C)O. The molecule has 0 aliphatic rings. The van der Waals surface area contributed by atoms with Gasteiger partial charge in [0, 0.05) is 0 Å². The summed E-state index contributed by atoms with van der Waals surface area (Å²) in [6, 6.07) is 0. The van der Waals surface area contributed by atoms with E-state index in [1.807, 2.05) is 6.20 Å². The first-order valence-corrected chi connectivity index (χ1v) is 9.86. The van der Waals surface area contributed by atoms with E-state index < -0.39 is 6.23 Å². The van der Waals surface area contributed by atoms with Gasteiger partial charge in [-0.1, -0.05) is 96.5 Å². The molecule has 1 unspecified atom stereocenters. The molecule has 0 aliphatic carbocycles. The third kappa shape index (κ3) is 19.5. The van der Waals surface area contributed by atoms with Crippen LogP contribution in [0.1, 0.15) is 110 Å². The van der Waals surface area contributed by atoms with Gasteiger partial charge in [-0.05, 0) is 26.0 Å². The molecule has 0 saturated carbocycles. The van der Waals surface area contributed by atoms with Crippen molar-refractivity contribution in [3.63, 3.8) is 0 Å². The summed E-state index contributed by atoms with van der Waals surface area (Å²) in [5.41, 5.74) is 0. The van der Waals surface area contributed by atoms with Crippen LogP contribution in [-0.2, 0) is 0 Å². The molecule has 0 aromatic heterocycles. The second-order valence-corrected chi connectivity index (χ2v) is 6.63. The highest BCUT2D eigenvalue weighted by Crippen LogP contribution is 2.13. The minimum atomic E-state index is -0.437. The van der Waals surface area contributed by atoms with Gasteiger partial charge in [0.2, 0.25) is 0 Å². The van der Waals surface area contributed by atoms with Crippen molar-refractivity contribution in [3.05, 3.63) is 12.3 Å². The fourth-order valence-corrected chi connectivity index (χ4v) is 2.75. The van der Waals surface area contributed by atoms with Crippen molar-refractivity contribution in [1.29, 1.82) is 0 Å². The predicted molar refractivity (Wildman–Crippen MR) is 98.9 cm³/mol. The molecule has 0 rings (SSSR count). The van der Waals surface area contributed by atoms with Crippen molar-refractivity contribution in [2.45, 2.75) is 116 Å². The predicted octanol–water partition coefficient (Wildman–Crippen LogP) is 6.30. The molecule has 0 amide bonds. The number of hydrogen-bond donors (Lipinski definition) is 2. The highest BCUT2D eigenvalue weighted by Gasteiger charge is 1.93. The lowest BCUT2D eigenvalue weighted by atomic mass is 10.0. The fraction of sp³-hybridized carbons (Fsp3) is 0.900. The Morgan fingerprint density at radius 1 is 0.727 bits per heavy atom. The number of nitrogens with one attached hydrogen (secondary N) is 1. The van der Waals surface area contributed by atoms with Crippen molar-refractivity contribution in [3.8, 4) is 0 Å². The molecular formula is C20H41NO. The van der Waals surface area contributed by atoms with E-state index in [0.717, 1.165) is 6.42 Å². The van der Waals surface area contributed by atoms with Crippen molar-refractivity contribution in [2.24, 2.45) is 0 Å². The van der Waals surface area contributed by atoms with Gasteiger partial charge in [-0.3, -0.25) is 0 Å². The highest BCUT2D eigenvalue weighted by atomic mass is 16.3. The van der Waals surface area contributed by atoms with Gasteiger partial charge in [0.1, 0.15) is 6.23 Å². The first-order chi connectivity index (χ1) is 10.8. The summed E-state index contributed by atoms with van der Waals surface area (Å²) in [6.45, 7) is 4.02. The van der Waals surface area contributed by atoms with Gasteiger partial charge in [0.05, 0.1) is 0 Å². The van der Waals surface area contributed by atoms with Crippen molar-refractivity contribution < 1.29 is 5.11 Å². The quantitative estimate of drug-likeness (QED) is 0.244. The van der Waals surface area contributed by atoms with Gasteiger partial charge >= 0.3 is 0 Å². The zero-order valence-corrected chi connectivity index (χ0v) is 15.3. The molecule has 0 spiro atoms. The molecule has 132 valence electrons. The fourth-order valence-electron chi connectivity index (χ4n) is 2.75. The van der Waals surface area contributed by atoms with Crippen LogP contribution in [0.2, 0.25) is 0 Å². The zero-order chi connectivity index (χ0) is 16.3. The number of unbranched alkanes of at least 4 members (excludes halogenated alkanes) is 14. The van der Waals surface area contributed by atoms with E-state index in [9.17, 15) is 0 Å². The number of rotatable bonds is 17. The lowest BCUT2D eigenvalue weighted by Gasteiger charge is -2.03. The molecule has 0 bridgehead atoms. The average molecular weight is 312 g/mol. The average Bonchev–Trinajstić information content (AvgIpc) is 2.50. The van der Waals surface area contributed by atoms with E-state index in [1.54, 1.807) is 6.92 Å². The van der Waals surface area contributed by atoms with E-state index in [0.29, 0.717) is 0 Å². The Morgan fingerprint density at radius 2 is 1.14 bits per heavy atom. The van der Waals surface area contributed by atoms with Gasteiger partial charge in [-0.2, -0.15) is 0 Å².